The highest BCUT2D eigenvalue weighted by Gasteiger charge is 2.18. The predicted octanol–water partition coefficient (Wildman–Crippen LogP) is 0.172. The Balaban J connectivity index is 4.01. The van der Waals surface area contributed by atoms with Crippen molar-refractivity contribution in [3.8, 4) is 0 Å². The number of esters is 1. The van der Waals surface area contributed by atoms with Crippen LogP contribution in [0.3, 0.4) is 0 Å². The van der Waals surface area contributed by atoms with Gasteiger partial charge in [-0.05, 0) is 20.8 Å². The molecule has 0 fully saturated rings. The van der Waals surface area contributed by atoms with Crippen LogP contribution in [0, 0.1) is 0 Å². The molecule has 0 aliphatic rings. The number of urea groups is 1. The van der Waals surface area contributed by atoms with Gasteiger partial charge in [-0.25, -0.2) is 4.79 Å². The van der Waals surface area contributed by atoms with Crippen molar-refractivity contribution in [3.63, 3.8) is 0 Å². The van der Waals surface area contributed by atoms with Gasteiger partial charge in [0.05, 0.1) is 0 Å². The number of ether oxygens (including phenoxy) is 1. The predicted molar refractivity (Wildman–Crippen MR) is 53.0 cm³/mol. The maximum atomic E-state index is 11.2. The first-order valence-electron chi connectivity index (χ1n) is 4.61. The van der Waals surface area contributed by atoms with Crippen molar-refractivity contribution in [1.82, 2.24) is 10.6 Å². The second-order valence-electron chi connectivity index (χ2n) is 3.37. The Morgan fingerprint density at radius 3 is 2.07 bits per heavy atom. The van der Waals surface area contributed by atoms with Crippen molar-refractivity contribution in [2.75, 3.05) is 0 Å². The summed E-state index contributed by atoms with van der Waals surface area (Å²) in [5.74, 6) is -1.22. The van der Waals surface area contributed by atoms with Crippen LogP contribution < -0.4 is 10.6 Å². The summed E-state index contributed by atoms with van der Waals surface area (Å²) in [6.07, 6.45) is -0.972. The normalized spacial score (nSPS) is 11.8. The number of nitrogens with one attached hydrogen (secondary N) is 2. The molecule has 0 heterocycles. The Hall–Kier alpha value is -1.59. The minimum Gasteiger partial charge on any atom is -0.453 e. The molecule has 15 heavy (non-hydrogen) atoms. The third-order valence-electron chi connectivity index (χ3n) is 1.37. The van der Waals surface area contributed by atoms with Gasteiger partial charge in [-0.2, -0.15) is 0 Å². The molecule has 0 radical (unpaired) electrons. The van der Waals surface area contributed by atoms with Gasteiger partial charge >= 0.3 is 12.0 Å². The van der Waals surface area contributed by atoms with Crippen molar-refractivity contribution in [3.05, 3.63) is 0 Å². The standard InChI is InChI=1S/C9H16N2O4/c1-5(2)10-9(14)11-8(13)6(3)15-7(4)12/h5-6H,1-4H3,(H2,10,11,13,14)/t6-/m1/s1. The molecule has 2 N–H and O–H groups in total. The van der Waals surface area contributed by atoms with Crippen LogP contribution in [0.1, 0.15) is 27.7 Å². The largest absolute Gasteiger partial charge is 0.453 e. The Morgan fingerprint density at radius 2 is 1.67 bits per heavy atom. The molecule has 0 aliphatic carbocycles. The molecule has 0 unspecified atom stereocenters. The molecule has 0 rings (SSSR count). The number of rotatable bonds is 3. The van der Waals surface area contributed by atoms with E-state index in [1.54, 1.807) is 13.8 Å². The smallest absolute Gasteiger partial charge is 0.321 e. The Labute approximate surface area is 88.4 Å². The van der Waals surface area contributed by atoms with E-state index in [1.165, 1.54) is 13.8 Å². The molecular weight excluding hydrogens is 200 g/mol. The fourth-order valence-corrected chi connectivity index (χ4v) is 0.814. The highest BCUT2D eigenvalue weighted by molar-refractivity contribution is 5.97. The van der Waals surface area contributed by atoms with Gasteiger partial charge in [0.25, 0.3) is 5.91 Å². The number of hydrogen-bond acceptors (Lipinski definition) is 4. The molecule has 0 saturated heterocycles. The van der Waals surface area contributed by atoms with E-state index in [4.69, 9.17) is 0 Å². The van der Waals surface area contributed by atoms with Gasteiger partial charge in [0.1, 0.15) is 0 Å². The molecule has 0 aromatic heterocycles. The van der Waals surface area contributed by atoms with Crippen LogP contribution >= 0.6 is 0 Å². The summed E-state index contributed by atoms with van der Waals surface area (Å²) in [6, 6.07) is -0.671. The molecule has 0 spiro atoms. The zero-order valence-corrected chi connectivity index (χ0v) is 9.29. The zero-order chi connectivity index (χ0) is 12.0. The molecule has 0 bridgehead atoms. The van der Waals surface area contributed by atoms with Gasteiger partial charge in [-0.1, -0.05) is 0 Å². The minimum atomic E-state index is -0.972. The minimum absolute atomic E-state index is 0.0677. The Kier molecular flexibility index (Phi) is 5.36. The van der Waals surface area contributed by atoms with Gasteiger partial charge in [0.2, 0.25) is 0 Å². The topological polar surface area (TPSA) is 84.5 Å². The van der Waals surface area contributed by atoms with Crippen LogP contribution in [-0.2, 0) is 14.3 Å². The maximum Gasteiger partial charge on any atom is 0.321 e. The number of carbonyl (C=O) groups is 3. The average molecular weight is 216 g/mol. The quantitative estimate of drug-likeness (QED) is 0.659. The number of imide groups is 1. The highest BCUT2D eigenvalue weighted by Crippen LogP contribution is 1.91. The molecule has 1 atom stereocenters. The summed E-state index contributed by atoms with van der Waals surface area (Å²) >= 11 is 0. The third kappa shape index (κ3) is 6.48. The summed E-state index contributed by atoms with van der Waals surface area (Å²) in [7, 11) is 0. The first kappa shape index (κ1) is 13.4. The average Bonchev–Trinajstić information content (AvgIpc) is 2.00. The molecule has 6 nitrogen and oxygen atoms in total. The van der Waals surface area contributed by atoms with Crippen molar-refractivity contribution in [2.24, 2.45) is 0 Å². The van der Waals surface area contributed by atoms with E-state index in [9.17, 15) is 14.4 Å². The van der Waals surface area contributed by atoms with Crippen molar-refractivity contribution in [1.29, 1.82) is 0 Å². The van der Waals surface area contributed by atoms with E-state index >= 15 is 0 Å². The lowest BCUT2D eigenvalue weighted by molar-refractivity contribution is -0.152. The SMILES string of the molecule is CC(=O)O[C@H](C)C(=O)NC(=O)NC(C)C. The zero-order valence-electron chi connectivity index (χ0n) is 9.29. The number of hydrogen-bond donors (Lipinski definition) is 2. The van der Waals surface area contributed by atoms with E-state index in [0.717, 1.165) is 0 Å². The first-order chi connectivity index (χ1) is 6.82. The van der Waals surface area contributed by atoms with E-state index in [1.807, 2.05) is 0 Å². The number of carbonyl (C=O) groups excluding carboxylic acids is 3. The molecule has 86 valence electrons. The van der Waals surface area contributed by atoms with Crippen LogP contribution in [0.25, 0.3) is 0 Å². The van der Waals surface area contributed by atoms with Crippen molar-refractivity contribution < 1.29 is 19.1 Å². The molecule has 0 aromatic rings. The summed E-state index contributed by atoms with van der Waals surface area (Å²) in [6.45, 7) is 6.11. The summed E-state index contributed by atoms with van der Waals surface area (Å²) < 4.78 is 4.59. The molecule has 0 aliphatic heterocycles. The van der Waals surface area contributed by atoms with Crippen LogP contribution in [0.4, 0.5) is 4.79 Å². The van der Waals surface area contributed by atoms with Crippen LogP contribution in [0.15, 0.2) is 0 Å². The second-order valence-corrected chi connectivity index (χ2v) is 3.37. The van der Waals surface area contributed by atoms with Crippen LogP contribution in [0.2, 0.25) is 0 Å². The fraction of sp³-hybridized carbons (Fsp3) is 0.667. The molecule has 0 aromatic carbocycles. The Bertz CT molecular complexity index is 263. The molecule has 0 saturated carbocycles. The second kappa shape index (κ2) is 6.00. The number of amides is 3. The molecule has 6 heteroatoms. The molecule has 3 amide bonds. The third-order valence-corrected chi connectivity index (χ3v) is 1.37. The monoisotopic (exact) mass is 216 g/mol. The summed E-state index contributed by atoms with van der Waals surface area (Å²) in [5, 5.41) is 4.52. The van der Waals surface area contributed by atoms with Gasteiger partial charge < -0.3 is 10.1 Å². The molecular formula is C9H16N2O4. The summed E-state index contributed by atoms with van der Waals surface area (Å²) in [4.78, 5) is 32.8. The van der Waals surface area contributed by atoms with Crippen LogP contribution in [-0.4, -0.2) is 30.1 Å². The van der Waals surface area contributed by atoms with Crippen molar-refractivity contribution >= 4 is 17.9 Å². The van der Waals surface area contributed by atoms with E-state index in [0.29, 0.717) is 0 Å². The fourth-order valence-electron chi connectivity index (χ4n) is 0.814. The van der Waals surface area contributed by atoms with Gasteiger partial charge in [0, 0.05) is 13.0 Å². The first-order valence-corrected chi connectivity index (χ1v) is 4.61. The van der Waals surface area contributed by atoms with Gasteiger partial charge in [-0.3, -0.25) is 14.9 Å². The maximum absolute atomic E-state index is 11.2. The van der Waals surface area contributed by atoms with Crippen LogP contribution in [0.5, 0.6) is 0 Å². The highest BCUT2D eigenvalue weighted by atomic mass is 16.5. The Morgan fingerprint density at radius 1 is 1.13 bits per heavy atom. The van der Waals surface area contributed by atoms with Gasteiger partial charge in [-0.15, -0.1) is 0 Å². The lowest BCUT2D eigenvalue weighted by Crippen LogP contribution is -2.46. The van der Waals surface area contributed by atoms with E-state index < -0.39 is 24.0 Å². The van der Waals surface area contributed by atoms with Crippen molar-refractivity contribution in [2.45, 2.75) is 39.8 Å². The lowest BCUT2D eigenvalue weighted by Gasteiger charge is -2.13. The summed E-state index contributed by atoms with van der Waals surface area (Å²) in [5.41, 5.74) is 0. The van der Waals surface area contributed by atoms with E-state index in [-0.39, 0.29) is 6.04 Å². The van der Waals surface area contributed by atoms with Gasteiger partial charge in [0.15, 0.2) is 6.10 Å². The van der Waals surface area contributed by atoms with E-state index in [2.05, 4.69) is 15.4 Å². The lowest BCUT2D eigenvalue weighted by atomic mass is 10.3.